The smallest absolute Gasteiger partial charge is 0.319 e. The molecule has 100 valence electrons. The number of carboxylic acid groups (broad SMARTS) is 1. The van der Waals surface area contributed by atoms with Crippen LogP contribution in [0, 0.1) is 17.7 Å². The minimum Gasteiger partial charge on any atom is -0.480 e. The van der Waals surface area contributed by atoms with Crippen molar-refractivity contribution in [1.29, 1.82) is 0 Å². The molecule has 1 unspecified atom stereocenters. The SMILES string of the molecule is O=C(O)C(C=Nc1ccc(Br)c(F)c1)C(=O)C1CC1. The molecule has 0 bridgehead atoms. The highest BCUT2D eigenvalue weighted by atomic mass is 79.9. The van der Waals surface area contributed by atoms with Gasteiger partial charge in [0.15, 0.2) is 11.7 Å². The number of hydrogen-bond donors (Lipinski definition) is 1. The second kappa shape index (κ2) is 5.61. The monoisotopic (exact) mass is 327 g/mol. The molecule has 4 nitrogen and oxygen atoms in total. The third-order valence-corrected chi connectivity index (χ3v) is 3.47. The fraction of sp³-hybridized carbons (Fsp3) is 0.308. The molecule has 0 amide bonds. The summed E-state index contributed by atoms with van der Waals surface area (Å²) in [6.07, 6.45) is 2.55. The summed E-state index contributed by atoms with van der Waals surface area (Å²) in [6, 6.07) is 4.17. The molecule has 0 aromatic heterocycles. The molecule has 0 saturated heterocycles. The van der Waals surface area contributed by atoms with Gasteiger partial charge in [0.1, 0.15) is 5.82 Å². The third kappa shape index (κ3) is 3.47. The quantitative estimate of drug-likeness (QED) is 0.667. The molecule has 0 radical (unpaired) electrons. The average Bonchev–Trinajstić information content (AvgIpc) is 3.17. The van der Waals surface area contributed by atoms with E-state index in [1.165, 1.54) is 18.2 Å². The van der Waals surface area contributed by atoms with Crippen LogP contribution in [0.2, 0.25) is 0 Å². The van der Waals surface area contributed by atoms with E-state index in [4.69, 9.17) is 5.11 Å². The Morgan fingerprint density at radius 3 is 2.68 bits per heavy atom. The number of aliphatic imine (C=N–C) groups is 1. The van der Waals surface area contributed by atoms with Crippen LogP contribution in [0.5, 0.6) is 0 Å². The fourth-order valence-corrected chi connectivity index (χ4v) is 1.85. The van der Waals surface area contributed by atoms with Gasteiger partial charge in [0.2, 0.25) is 0 Å². The summed E-state index contributed by atoms with van der Waals surface area (Å²) < 4.78 is 13.6. The van der Waals surface area contributed by atoms with Crippen LogP contribution in [0.3, 0.4) is 0 Å². The summed E-state index contributed by atoms with van der Waals surface area (Å²) in [7, 11) is 0. The van der Waals surface area contributed by atoms with Gasteiger partial charge in [-0.1, -0.05) is 0 Å². The predicted molar refractivity (Wildman–Crippen MR) is 71.1 cm³/mol. The van der Waals surface area contributed by atoms with Crippen LogP contribution in [0.4, 0.5) is 10.1 Å². The van der Waals surface area contributed by atoms with Crippen molar-refractivity contribution in [2.24, 2.45) is 16.8 Å². The summed E-state index contributed by atoms with van der Waals surface area (Å²) in [4.78, 5) is 26.6. The fourth-order valence-electron chi connectivity index (χ4n) is 1.61. The van der Waals surface area contributed by atoms with Crippen molar-refractivity contribution < 1.29 is 19.1 Å². The molecule has 0 heterocycles. The normalized spacial score (nSPS) is 16.5. The Labute approximate surface area is 117 Å². The lowest BCUT2D eigenvalue weighted by molar-refractivity contribution is -0.143. The second-order valence-electron chi connectivity index (χ2n) is 4.37. The number of hydrogen-bond acceptors (Lipinski definition) is 3. The first-order valence-electron chi connectivity index (χ1n) is 5.75. The number of benzene rings is 1. The lowest BCUT2D eigenvalue weighted by atomic mass is 10.0. The van der Waals surface area contributed by atoms with Crippen LogP contribution in [0.25, 0.3) is 0 Å². The molecule has 1 fully saturated rings. The Morgan fingerprint density at radius 1 is 1.47 bits per heavy atom. The summed E-state index contributed by atoms with van der Waals surface area (Å²) in [5, 5.41) is 9.00. The highest BCUT2D eigenvalue weighted by molar-refractivity contribution is 9.10. The van der Waals surface area contributed by atoms with Crippen molar-refractivity contribution in [3.63, 3.8) is 0 Å². The number of nitrogens with zero attached hydrogens (tertiary/aromatic N) is 1. The van der Waals surface area contributed by atoms with E-state index in [-0.39, 0.29) is 17.4 Å². The Balaban J connectivity index is 2.15. The highest BCUT2D eigenvalue weighted by Gasteiger charge is 2.37. The van der Waals surface area contributed by atoms with E-state index >= 15 is 0 Å². The number of halogens is 2. The first-order chi connectivity index (χ1) is 8.99. The van der Waals surface area contributed by atoms with Gasteiger partial charge >= 0.3 is 5.97 Å². The number of carbonyl (C=O) groups is 2. The van der Waals surface area contributed by atoms with Crippen LogP contribution in [0.15, 0.2) is 27.7 Å². The summed E-state index contributed by atoms with van der Waals surface area (Å²) in [5.74, 6) is -3.45. The summed E-state index contributed by atoms with van der Waals surface area (Å²) in [6.45, 7) is 0. The van der Waals surface area contributed by atoms with Crippen LogP contribution < -0.4 is 0 Å². The number of carbonyl (C=O) groups excluding carboxylic acids is 1. The van der Waals surface area contributed by atoms with Gasteiger partial charge < -0.3 is 5.11 Å². The van der Waals surface area contributed by atoms with Crippen LogP contribution in [-0.2, 0) is 9.59 Å². The van der Waals surface area contributed by atoms with Gasteiger partial charge in [-0.05, 0) is 40.9 Å². The van der Waals surface area contributed by atoms with E-state index in [1.807, 2.05) is 0 Å². The lowest BCUT2D eigenvalue weighted by Crippen LogP contribution is -2.26. The molecule has 1 atom stereocenters. The van der Waals surface area contributed by atoms with E-state index in [1.54, 1.807) is 0 Å². The van der Waals surface area contributed by atoms with Gasteiger partial charge in [-0.15, -0.1) is 0 Å². The van der Waals surface area contributed by atoms with Gasteiger partial charge in [0.05, 0.1) is 10.2 Å². The highest BCUT2D eigenvalue weighted by Crippen LogP contribution is 2.32. The van der Waals surface area contributed by atoms with Crippen molar-refractivity contribution in [2.75, 3.05) is 0 Å². The van der Waals surface area contributed by atoms with Gasteiger partial charge in [-0.2, -0.15) is 0 Å². The molecular formula is C13H11BrFNO3. The zero-order valence-corrected chi connectivity index (χ0v) is 11.4. The first kappa shape index (κ1) is 13.9. The zero-order chi connectivity index (χ0) is 14.0. The molecule has 19 heavy (non-hydrogen) atoms. The number of rotatable bonds is 5. The van der Waals surface area contributed by atoms with Crippen molar-refractivity contribution in [3.05, 3.63) is 28.5 Å². The molecule has 0 aliphatic heterocycles. The molecular weight excluding hydrogens is 317 g/mol. The number of ketones is 1. The van der Waals surface area contributed by atoms with E-state index in [0.29, 0.717) is 4.47 Å². The van der Waals surface area contributed by atoms with Crippen LogP contribution in [0.1, 0.15) is 12.8 Å². The van der Waals surface area contributed by atoms with Crippen LogP contribution in [-0.4, -0.2) is 23.1 Å². The number of Topliss-reactive ketones (excluding diaryl/α,β-unsaturated/α-hetero) is 1. The van der Waals surface area contributed by atoms with Crippen molar-refractivity contribution in [3.8, 4) is 0 Å². The molecule has 1 aliphatic carbocycles. The molecule has 6 heteroatoms. The van der Waals surface area contributed by atoms with Gasteiger partial charge in [0, 0.05) is 18.2 Å². The van der Waals surface area contributed by atoms with E-state index in [2.05, 4.69) is 20.9 Å². The first-order valence-corrected chi connectivity index (χ1v) is 6.54. The van der Waals surface area contributed by atoms with E-state index < -0.39 is 17.7 Å². The molecule has 1 saturated carbocycles. The molecule has 1 aromatic carbocycles. The average molecular weight is 328 g/mol. The zero-order valence-electron chi connectivity index (χ0n) is 9.85. The summed E-state index contributed by atoms with van der Waals surface area (Å²) in [5.41, 5.74) is 0.274. The second-order valence-corrected chi connectivity index (χ2v) is 5.22. The van der Waals surface area contributed by atoms with Gasteiger partial charge in [-0.3, -0.25) is 14.6 Å². The molecule has 0 spiro atoms. The predicted octanol–water partition coefficient (Wildman–Crippen LogP) is 2.97. The molecule has 2 rings (SSSR count). The Morgan fingerprint density at radius 2 is 2.16 bits per heavy atom. The van der Waals surface area contributed by atoms with Crippen molar-refractivity contribution in [2.45, 2.75) is 12.8 Å². The molecule has 1 aliphatic rings. The minimum absolute atomic E-state index is 0.158. The summed E-state index contributed by atoms with van der Waals surface area (Å²) >= 11 is 3.01. The Hall–Kier alpha value is -1.56. The third-order valence-electron chi connectivity index (χ3n) is 2.83. The maximum absolute atomic E-state index is 13.3. The number of aliphatic carboxylic acids is 1. The lowest BCUT2D eigenvalue weighted by Gasteiger charge is -2.04. The largest absolute Gasteiger partial charge is 0.480 e. The topological polar surface area (TPSA) is 66.7 Å². The Bertz CT molecular complexity index is 555. The maximum Gasteiger partial charge on any atom is 0.319 e. The van der Waals surface area contributed by atoms with Crippen molar-refractivity contribution in [1.82, 2.24) is 0 Å². The number of carboxylic acids is 1. The maximum atomic E-state index is 13.3. The van der Waals surface area contributed by atoms with E-state index in [0.717, 1.165) is 19.1 Å². The van der Waals surface area contributed by atoms with Gasteiger partial charge in [0.25, 0.3) is 0 Å². The van der Waals surface area contributed by atoms with Crippen LogP contribution >= 0.6 is 15.9 Å². The molecule has 1 aromatic rings. The standard InChI is InChI=1S/C13H11BrFNO3/c14-10-4-3-8(5-11(10)15)16-6-9(13(18)19)12(17)7-1-2-7/h3-7,9H,1-2H2,(H,18,19). The van der Waals surface area contributed by atoms with E-state index in [9.17, 15) is 14.0 Å². The van der Waals surface area contributed by atoms with Gasteiger partial charge in [-0.25, -0.2) is 4.39 Å². The van der Waals surface area contributed by atoms with Crippen molar-refractivity contribution >= 4 is 39.6 Å². The minimum atomic E-state index is -1.25. The molecule has 1 N–H and O–H groups in total. The Kier molecular flexibility index (Phi) is 4.09.